The highest BCUT2D eigenvalue weighted by atomic mass is 79.9. The number of alkyl halides is 1. The lowest BCUT2D eigenvalue weighted by atomic mass is 10.0. The Morgan fingerprint density at radius 1 is 1.00 bits per heavy atom. The van der Waals surface area contributed by atoms with Crippen LogP contribution < -0.4 is 0 Å². The lowest BCUT2D eigenvalue weighted by Gasteiger charge is -2.18. The molecule has 0 N–H and O–H groups in total. The molecule has 0 fully saturated rings. The summed E-state index contributed by atoms with van der Waals surface area (Å²) in [6.07, 6.45) is 0. The summed E-state index contributed by atoms with van der Waals surface area (Å²) < 4.78 is 0. The first kappa shape index (κ1) is 11.7. The zero-order valence-corrected chi connectivity index (χ0v) is 10.9. The monoisotopic (exact) mass is 255 g/mol. The molecule has 1 unspecified atom stereocenters. The number of hydrogen-bond acceptors (Lipinski definition) is 1. The number of benzene rings is 1. The van der Waals surface area contributed by atoms with Gasteiger partial charge in [0.1, 0.15) is 0 Å². The summed E-state index contributed by atoms with van der Waals surface area (Å²) in [5.74, 6) is 0.609. The summed E-state index contributed by atoms with van der Waals surface area (Å²) >= 11 is 3.64. The summed E-state index contributed by atoms with van der Waals surface area (Å²) in [5, 5.41) is 0. The first-order chi connectivity index (χ1) is 6.52. The second-order valence-electron chi connectivity index (χ2n) is 4.12. The fraction of sp³-hybridized carbons (Fsp3) is 0.500. The lowest BCUT2D eigenvalue weighted by Crippen LogP contribution is -2.14. The molecular formula is C12H18BrN. The van der Waals surface area contributed by atoms with Crippen molar-refractivity contribution >= 4 is 15.9 Å². The van der Waals surface area contributed by atoms with Crippen molar-refractivity contribution in [1.82, 2.24) is 4.90 Å². The van der Waals surface area contributed by atoms with Gasteiger partial charge in [-0.2, -0.15) is 0 Å². The Bertz CT molecular complexity index is 277. The van der Waals surface area contributed by atoms with Gasteiger partial charge in [0.25, 0.3) is 0 Å². The molecule has 78 valence electrons. The van der Waals surface area contributed by atoms with Crippen molar-refractivity contribution in [1.29, 1.82) is 0 Å². The van der Waals surface area contributed by atoms with Crippen molar-refractivity contribution in [3.05, 3.63) is 35.4 Å². The predicted octanol–water partition coefficient (Wildman–Crippen LogP) is 3.77. The van der Waals surface area contributed by atoms with E-state index in [-0.39, 0.29) is 0 Å². The van der Waals surface area contributed by atoms with Crippen molar-refractivity contribution in [3.63, 3.8) is 0 Å². The molecule has 1 aromatic rings. The molecule has 1 aromatic carbocycles. The van der Waals surface area contributed by atoms with Crippen LogP contribution in [0.5, 0.6) is 0 Å². The molecule has 0 aliphatic carbocycles. The third-order valence-electron chi connectivity index (χ3n) is 2.33. The molecule has 0 aromatic heterocycles. The molecule has 14 heavy (non-hydrogen) atoms. The summed E-state index contributed by atoms with van der Waals surface area (Å²) in [4.78, 5) is 2.45. The molecular weight excluding hydrogens is 238 g/mol. The Morgan fingerprint density at radius 2 is 1.43 bits per heavy atom. The molecule has 1 atom stereocenters. The summed E-state index contributed by atoms with van der Waals surface area (Å²) in [6, 6.07) is 8.79. The number of hydrogen-bond donors (Lipinski definition) is 0. The zero-order chi connectivity index (χ0) is 10.7. The van der Waals surface area contributed by atoms with Gasteiger partial charge in [-0.3, -0.25) is 4.90 Å². The van der Waals surface area contributed by atoms with Gasteiger partial charge in [0.2, 0.25) is 0 Å². The van der Waals surface area contributed by atoms with Crippen LogP contribution in [0.15, 0.2) is 24.3 Å². The van der Waals surface area contributed by atoms with Gasteiger partial charge in [0, 0.05) is 0 Å². The molecule has 1 nitrogen and oxygen atoms in total. The Labute approximate surface area is 95.2 Å². The van der Waals surface area contributed by atoms with Crippen molar-refractivity contribution in [2.45, 2.75) is 24.7 Å². The Morgan fingerprint density at radius 3 is 1.79 bits per heavy atom. The minimum atomic E-state index is 0.309. The summed E-state index contributed by atoms with van der Waals surface area (Å²) in [5.41, 5.74) is 2.70. The van der Waals surface area contributed by atoms with Gasteiger partial charge in [0.15, 0.2) is 0 Å². The largest absolute Gasteiger partial charge is 0.293 e. The molecule has 0 radical (unpaired) electrons. The van der Waals surface area contributed by atoms with Gasteiger partial charge in [-0.05, 0) is 31.1 Å². The number of nitrogens with zero attached hydrogens (tertiary/aromatic N) is 1. The first-order valence-corrected chi connectivity index (χ1v) is 5.84. The fourth-order valence-electron chi connectivity index (χ4n) is 1.34. The maximum atomic E-state index is 3.64. The molecule has 0 aliphatic heterocycles. The van der Waals surface area contributed by atoms with E-state index in [1.165, 1.54) is 11.1 Å². The molecule has 0 spiro atoms. The van der Waals surface area contributed by atoms with Crippen LogP contribution in [0.2, 0.25) is 0 Å². The van der Waals surface area contributed by atoms with Gasteiger partial charge < -0.3 is 0 Å². The quantitative estimate of drug-likeness (QED) is 0.587. The zero-order valence-electron chi connectivity index (χ0n) is 9.29. The van der Waals surface area contributed by atoms with E-state index in [1.807, 2.05) is 0 Å². The summed E-state index contributed by atoms with van der Waals surface area (Å²) in [6.45, 7) is 4.43. The van der Waals surface area contributed by atoms with E-state index < -0.39 is 0 Å². The Balaban J connectivity index is 2.83. The Hall–Kier alpha value is -0.340. The second kappa shape index (κ2) is 4.94. The van der Waals surface area contributed by atoms with Crippen molar-refractivity contribution < 1.29 is 0 Å². The van der Waals surface area contributed by atoms with Crippen LogP contribution in [-0.2, 0) is 0 Å². The van der Waals surface area contributed by atoms with Crippen LogP contribution in [0.25, 0.3) is 0 Å². The predicted molar refractivity (Wildman–Crippen MR) is 65.9 cm³/mol. The van der Waals surface area contributed by atoms with Crippen molar-refractivity contribution in [2.24, 2.45) is 0 Å². The average molecular weight is 256 g/mol. The molecule has 0 saturated heterocycles. The first-order valence-electron chi connectivity index (χ1n) is 4.92. The Kier molecular flexibility index (Phi) is 4.14. The molecule has 0 aliphatic rings. The van der Waals surface area contributed by atoms with Crippen molar-refractivity contribution in [3.8, 4) is 0 Å². The van der Waals surface area contributed by atoms with E-state index in [0.29, 0.717) is 10.9 Å². The standard InChI is InChI=1S/C12H18BrN/c1-9(2)10-5-7-11(8-6-10)12(13)14(3)4/h5-9,12H,1-4H3. The van der Waals surface area contributed by atoms with Gasteiger partial charge >= 0.3 is 0 Å². The molecule has 0 amide bonds. The SMILES string of the molecule is CC(C)c1ccc(C(Br)N(C)C)cc1. The molecule has 0 heterocycles. The third kappa shape index (κ3) is 2.82. The van der Waals surface area contributed by atoms with Crippen LogP contribution in [0.1, 0.15) is 35.8 Å². The van der Waals surface area contributed by atoms with E-state index in [0.717, 1.165) is 0 Å². The van der Waals surface area contributed by atoms with Crippen LogP contribution in [-0.4, -0.2) is 19.0 Å². The minimum Gasteiger partial charge on any atom is -0.293 e. The molecule has 0 saturated carbocycles. The number of halogens is 1. The van der Waals surface area contributed by atoms with E-state index in [9.17, 15) is 0 Å². The van der Waals surface area contributed by atoms with Gasteiger partial charge in [-0.25, -0.2) is 0 Å². The highest BCUT2D eigenvalue weighted by molar-refractivity contribution is 9.09. The van der Waals surface area contributed by atoms with Crippen LogP contribution in [0.4, 0.5) is 0 Å². The minimum absolute atomic E-state index is 0.309. The maximum absolute atomic E-state index is 3.64. The van der Waals surface area contributed by atoms with Gasteiger partial charge in [-0.15, -0.1) is 0 Å². The second-order valence-corrected chi connectivity index (χ2v) is 4.99. The summed E-state index contributed by atoms with van der Waals surface area (Å²) in [7, 11) is 4.13. The normalized spacial score (nSPS) is 13.6. The van der Waals surface area contributed by atoms with E-state index in [1.54, 1.807) is 0 Å². The number of rotatable bonds is 3. The van der Waals surface area contributed by atoms with E-state index >= 15 is 0 Å². The van der Waals surface area contributed by atoms with Crippen LogP contribution >= 0.6 is 15.9 Å². The highest BCUT2D eigenvalue weighted by Crippen LogP contribution is 2.26. The average Bonchev–Trinajstić information content (AvgIpc) is 2.16. The maximum Gasteiger partial charge on any atom is 0.0906 e. The van der Waals surface area contributed by atoms with Crippen LogP contribution in [0.3, 0.4) is 0 Å². The van der Waals surface area contributed by atoms with Gasteiger partial charge in [-0.1, -0.05) is 54.0 Å². The molecule has 1 rings (SSSR count). The van der Waals surface area contributed by atoms with Crippen LogP contribution in [0, 0.1) is 0 Å². The molecule has 0 bridgehead atoms. The topological polar surface area (TPSA) is 3.24 Å². The highest BCUT2D eigenvalue weighted by Gasteiger charge is 2.09. The van der Waals surface area contributed by atoms with Gasteiger partial charge in [0.05, 0.1) is 4.95 Å². The smallest absolute Gasteiger partial charge is 0.0906 e. The molecule has 2 heteroatoms. The lowest BCUT2D eigenvalue weighted by molar-refractivity contribution is 0.398. The van der Waals surface area contributed by atoms with E-state index in [2.05, 4.69) is 73.0 Å². The van der Waals surface area contributed by atoms with E-state index in [4.69, 9.17) is 0 Å². The fourth-order valence-corrected chi connectivity index (χ4v) is 1.64. The van der Waals surface area contributed by atoms with Crippen molar-refractivity contribution in [2.75, 3.05) is 14.1 Å². The third-order valence-corrected chi connectivity index (χ3v) is 3.68.